The molecular formula is C21H29N3O3. The van der Waals surface area contributed by atoms with E-state index in [-0.39, 0.29) is 17.9 Å². The van der Waals surface area contributed by atoms with Gasteiger partial charge in [0.2, 0.25) is 5.91 Å². The molecule has 0 aromatic heterocycles. The third kappa shape index (κ3) is 4.10. The summed E-state index contributed by atoms with van der Waals surface area (Å²) in [4.78, 5) is 29.7. The highest BCUT2D eigenvalue weighted by Crippen LogP contribution is 2.32. The van der Waals surface area contributed by atoms with Crippen LogP contribution in [0.15, 0.2) is 24.3 Å². The molecule has 6 heteroatoms. The number of carbonyl (C=O) groups is 2. The number of methoxy groups -OCH3 is 1. The lowest BCUT2D eigenvalue weighted by Crippen LogP contribution is -2.46. The van der Waals surface area contributed by atoms with E-state index >= 15 is 0 Å². The molecule has 0 spiro atoms. The summed E-state index contributed by atoms with van der Waals surface area (Å²) in [5.74, 6) is 1.23. The molecule has 6 nitrogen and oxygen atoms in total. The first-order valence-corrected chi connectivity index (χ1v) is 10.1. The number of hydrogen-bond donors (Lipinski definition) is 1. The summed E-state index contributed by atoms with van der Waals surface area (Å²) in [7, 11) is 1.60. The van der Waals surface area contributed by atoms with Crippen LogP contribution in [0, 0.1) is 5.92 Å². The molecule has 0 unspecified atom stereocenters. The van der Waals surface area contributed by atoms with Crippen LogP contribution in [0.2, 0.25) is 0 Å². The van der Waals surface area contributed by atoms with Gasteiger partial charge in [-0.1, -0.05) is 18.6 Å². The van der Waals surface area contributed by atoms with Gasteiger partial charge < -0.3 is 15.0 Å². The van der Waals surface area contributed by atoms with Gasteiger partial charge in [0.1, 0.15) is 5.75 Å². The van der Waals surface area contributed by atoms with Gasteiger partial charge in [0.15, 0.2) is 0 Å². The molecule has 2 amide bonds. The quantitative estimate of drug-likeness (QED) is 0.859. The van der Waals surface area contributed by atoms with Crippen molar-refractivity contribution >= 4 is 11.8 Å². The average Bonchev–Trinajstić information content (AvgIpc) is 3.42. The van der Waals surface area contributed by atoms with Gasteiger partial charge in [-0.25, -0.2) is 0 Å². The standard InChI is InChI=1S/C21H29N3O3/c1-27-19-8-3-2-7-17(19)21(26)24-12-15-6-4-5-11-23(18(15)13-24)14-20(25)22-16-9-10-16/h2-3,7-8,15-16,18H,4-6,9-14H2,1H3,(H,22,25)/t15-,18+/m0/s1. The van der Waals surface area contributed by atoms with Crippen LogP contribution in [-0.4, -0.2) is 67.0 Å². The van der Waals surface area contributed by atoms with Crippen LogP contribution in [0.5, 0.6) is 5.75 Å². The second-order valence-electron chi connectivity index (χ2n) is 8.05. The van der Waals surface area contributed by atoms with Crippen molar-refractivity contribution in [2.45, 2.75) is 44.2 Å². The predicted molar refractivity (Wildman–Crippen MR) is 103 cm³/mol. The van der Waals surface area contributed by atoms with E-state index in [1.54, 1.807) is 7.11 Å². The summed E-state index contributed by atoms with van der Waals surface area (Å²) in [6.07, 6.45) is 5.64. The van der Waals surface area contributed by atoms with Crippen molar-refractivity contribution in [2.75, 3.05) is 33.3 Å². The molecule has 0 radical (unpaired) electrons. The van der Waals surface area contributed by atoms with E-state index in [4.69, 9.17) is 4.74 Å². The molecule has 1 saturated carbocycles. The number of likely N-dealkylation sites (tertiary alicyclic amines) is 2. The van der Waals surface area contributed by atoms with Gasteiger partial charge in [0, 0.05) is 25.2 Å². The Morgan fingerprint density at radius 2 is 1.96 bits per heavy atom. The van der Waals surface area contributed by atoms with Crippen molar-refractivity contribution in [3.63, 3.8) is 0 Å². The molecule has 27 heavy (non-hydrogen) atoms. The molecular weight excluding hydrogens is 342 g/mol. The Morgan fingerprint density at radius 3 is 2.74 bits per heavy atom. The van der Waals surface area contributed by atoms with E-state index in [9.17, 15) is 9.59 Å². The Kier molecular flexibility index (Phi) is 5.34. The van der Waals surface area contributed by atoms with Crippen molar-refractivity contribution in [3.8, 4) is 5.75 Å². The van der Waals surface area contributed by atoms with Crippen LogP contribution in [0.3, 0.4) is 0 Å². The Labute approximate surface area is 160 Å². The molecule has 4 rings (SSSR count). The van der Waals surface area contributed by atoms with Gasteiger partial charge >= 0.3 is 0 Å². The second-order valence-corrected chi connectivity index (χ2v) is 8.05. The average molecular weight is 371 g/mol. The zero-order valence-corrected chi connectivity index (χ0v) is 16.0. The largest absolute Gasteiger partial charge is 0.496 e. The van der Waals surface area contributed by atoms with E-state index in [0.29, 0.717) is 36.4 Å². The van der Waals surface area contributed by atoms with Crippen LogP contribution in [0.1, 0.15) is 42.5 Å². The molecule has 1 aliphatic carbocycles. The van der Waals surface area contributed by atoms with Crippen molar-refractivity contribution in [1.82, 2.24) is 15.1 Å². The zero-order chi connectivity index (χ0) is 18.8. The Bertz CT molecular complexity index is 704. The Balaban J connectivity index is 1.45. The second kappa shape index (κ2) is 7.89. The van der Waals surface area contributed by atoms with E-state index < -0.39 is 0 Å². The molecule has 0 bridgehead atoms. The van der Waals surface area contributed by atoms with Gasteiger partial charge in [0.05, 0.1) is 19.2 Å². The van der Waals surface area contributed by atoms with Crippen molar-refractivity contribution in [2.24, 2.45) is 5.92 Å². The van der Waals surface area contributed by atoms with E-state index in [2.05, 4.69) is 10.2 Å². The van der Waals surface area contributed by atoms with Crippen LogP contribution < -0.4 is 10.1 Å². The Morgan fingerprint density at radius 1 is 1.15 bits per heavy atom. The van der Waals surface area contributed by atoms with Crippen molar-refractivity contribution < 1.29 is 14.3 Å². The molecule has 3 fully saturated rings. The molecule has 3 aliphatic rings. The number of carbonyl (C=O) groups excluding carboxylic acids is 2. The molecule has 1 aromatic rings. The summed E-state index contributed by atoms with van der Waals surface area (Å²) in [6.45, 7) is 2.85. The van der Waals surface area contributed by atoms with E-state index in [1.807, 2.05) is 29.2 Å². The summed E-state index contributed by atoms with van der Waals surface area (Å²) < 4.78 is 5.37. The Hall–Kier alpha value is -2.08. The monoisotopic (exact) mass is 371 g/mol. The number of nitrogens with zero attached hydrogens (tertiary/aromatic N) is 2. The number of nitrogens with one attached hydrogen (secondary N) is 1. The normalized spacial score (nSPS) is 25.6. The molecule has 1 N–H and O–H groups in total. The number of rotatable bonds is 5. The maximum Gasteiger partial charge on any atom is 0.257 e. The highest BCUT2D eigenvalue weighted by Gasteiger charge is 2.40. The molecule has 2 aliphatic heterocycles. The minimum atomic E-state index is 0.0305. The summed E-state index contributed by atoms with van der Waals surface area (Å²) >= 11 is 0. The number of para-hydroxylation sites is 1. The fraction of sp³-hybridized carbons (Fsp3) is 0.619. The van der Waals surface area contributed by atoms with Gasteiger partial charge in [-0.05, 0) is 50.3 Å². The van der Waals surface area contributed by atoms with Crippen LogP contribution >= 0.6 is 0 Å². The lowest BCUT2D eigenvalue weighted by molar-refractivity contribution is -0.123. The summed E-state index contributed by atoms with van der Waals surface area (Å²) in [6, 6.07) is 8.08. The maximum atomic E-state index is 13.1. The lowest BCUT2D eigenvalue weighted by atomic mass is 9.98. The molecule has 1 aromatic carbocycles. The fourth-order valence-electron chi connectivity index (χ4n) is 4.48. The van der Waals surface area contributed by atoms with Crippen molar-refractivity contribution in [1.29, 1.82) is 0 Å². The SMILES string of the molecule is COc1ccccc1C(=O)N1C[C@@H]2CCCCN(CC(=O)NC3CC3)[C@@H]2C1. The maximum absolute atomic E-state index is 13.1. The molecule has 2 saturated heterocycles. The van der Waals surface area contributed by atoms with E-state index in [1.165, 1.54) is 6.42 Å². The molecule has 2 heterocycles. The molecule has 2 atom stereocenters. The van der Waals surface area contributed by atoms with Gasteiger partial charge in [-0.3, -0.25) is 14.5 Å². The highest BCUT2D eigenvalue weighted by atomic mass is 16.5. The van der Waals surface area contributed by atoms with Crippen LogP contribution in [-0.2, 0) is 4.79 Å². The fourth-order valence-corrected chi connectivity index (χ4v) is 4.48. The van der Waals surface area contributed by atoms with Gasteiger partial charge in [-0.2, -0.15) is 0 Å². The van der Waals surface area contributed by atoms with Gasteiger partial charge in [-0.15, -0.1) is 0 Å². The minimum Gasteiger partial charge on any atom is -0.496 e. The first kappa shape index (κ1) is 18.3. The number of amides is 2. The topological polar surface area (TPSA) is 61.9 Å². The van der Waals surface area contributed by atoms with Crippen molar-refractivity contribution in [3.05, 3.63) is 29.8 Å². The van der Waals surface area contributed by atoms with Gasteiger partial charge in [0.25, 0.3) is 5.91 Å². The number of ether oxygens (including phenoxy) is 1. The smallest absolute Gasteiger partial charge is 0.257 e. The first-order chi connectivity index (χ1) is 13.2. The van der Waals surface area contributed by atoms with E-state index in [0.717, 1.165) is 38.8 Å². The third-order valence-electron chi connectivity index (χ3n) is 6.06. The zero-order valence-electron chi connectivity index (χ0n) is 16.0. The number of hydrogen-bond acceptors (Lipinski definition) is 4. The summed E-state index contributed by atoms with van der Waals surface area (Å²) in [5, 5.41) is 3.10. The van der Waals surface area contributed by atoms with Crippen LogP contribution in [0.25, 0.3) is 0 Å². The highest BCUT2D eigenvalue weighted by molar-refractivity contribution is 5.97. The lowest BCUT2D eigenvalue weighted by Gasteiger charge is -2.29. The molecule has 146 valence electrons. The number of fused-ring (bicyclic) bond motifs is 1. The number of benzene rings is 1. The minimum absolute atomic E-state index is 0.0305. The first-order valence-electron chi connectivity index (χ1n) is 10.1. The van der Waals surface area contributed by atoms with Crippen LogP contribution in [0.4, 0.5) is 0 Å². The third-order valence-corrected chi connectivity index (χ3v) is 6.06. The summed E-state index contributed by atoms with van der Waals surface area (Å²) in [5.41, 5.74) is 0.620. The predicted octanol–water partition coefficient (Wildman–Crippen LogP) is 1.90.